The first-order chi connectivity index (χ1) is 9.24. The molecule has 0 radical (unpaired) electrons. The van der Waals surface area contributed by atoms with Gasteiger partial charge in [0.25, 0.3) is 5.91 Å². The van der Waals surface area contributed by atoms with E-state index in [0.717, 1.165) is 30.6 Å². The fraction of sp³-hybridized carbons (Fsp3) is 0.533. The van der Waals surface area contributed by atoms with Crippen LogP contribution in [0.5, 0.6) is 0 Å². The second-order valence-corrected chi connectivity index (χ2v) is 4.80. The Kier molecular flexibility index (Phi) is 4.80. The zero-order valence-corrected chi connectivity index (χ0v) is 11.7. The molecule has 1 amide bonds. The van der Waals surface area contributed by atoms with Crippen LogP contribution in [0.2, 0.25) is 0 Å². The molecule has 1 aliphatic heterocycles. The monoisotopic (exact) mass is 262 g/mol. The molecule has 1 aromatic rings. The van der Waals surface area contributed by atoms with E-state index in [4.69, 9.17) is 4.74 Å². The van der Waals surface area contributed by atoms with Crippen molar-refractivity contribution in [2.75, 3.05) is 32.1 Å². The zero-order valence-electron chi connectivity index (χ0n) is 11.7. The van der Waals surface area contributed by atoms with Crippen LogP contribution in [0, 0.1) is 0 Å². The molecule has 0 saturated carbocycles. The minimum atomic E-state index is 0.104. The van der Waals surface area contributed by atoms with Gasteiger partial charge in [0.1, 0.15) is 0 Å². The molecule has 2 rings (SSSR count). The van der Waals surface area contributed by atoms with Gasteiger partial charge in [-0.2, -0.15) is 0 Å². The molecule has 19 heavy (non-hydrogen) atoms. The van der Waals surface area contributed by atoms with Gasteiger partial charge < -0.3 is 15.0 Å². The number of anilines is 1. The molecule has 1 aromatic carbocycles. The summed E-state index contributed by atoms with van der Waals surface area (Å²) in [5, 5.41) is 3.05. The summed E-state index contributed by atoms with van der Waals surface area (Å²) < 4.78 is 5.63. The van der Waals surface area contributed by atoms with Crippen LogP contribution < -0.4 is 5.32 Å². The summed E-state index contributed by atoms with van der Waals surface area (Å²) in [5.41, 5.74) is 1.76. The predicted molar refractivity (Wildman–Crippen MR) is 76.5 cm³/mol. The number of ether oxygens (including phenoxy) is 1. The molecule has 0 aliphatic carbocycles. The number of carbonyl (C=O) groups excluding carboxylic acids is 1. The van der Waals surface area contributed by atoms with Crippen LogP contribution in [0.4, 0.5) is 5.69 Å². The Labute approximate surface area is 114 Å². The molecule has 1 aliphatic rings. The van der Waals surface area contributed by atoms with Crippen LogP contribution in [0.15, 0.2) is 24.3 Å². The highest BCUT2D eigenvalue weighted by molar-refractivity contribution is 5.94. The standard InChI is InChI=1S/C15H22N2O2/c1-3-19-14-5-4-10-17(11-14)15(18)12-6-8-13(16-2)9-7-12/h6-9,14,16H,3-5,10-11H2,1-2H3. The van der Waals surface area contributed by atoms with Crippen LogP contribution in [0.25, 0.3) is 0 Å². The zero-order chi connectivity index (χ0) is 13.7. The van der Waals surface area contributed by atoms with Crippen LogP contribution in [0.3, 0.4) is 0 Å². The van der Waals surface area contributed by atoms with Crippen LogP contribution >= 0.6 is 0 Å². The average molecular weight is 262 g/mol. The van der Waals surface area contributed by atoms with Crippen LogP contribution in [-0.4, -0.2) is 43.7 Å². The van der Waals surface area contributed by atoms with Gasteiger partial charge in [0.2, 0.25) is 0 Å². The second-order valence-electron chi connectivity index (χ2n) is 4.80. The lowest BCUT2D eigenvalue weighted by Crippen LogP contribution is -2.43. The SMILES string of the molecule is CCOC1CCCN(C(=O)c2ccc(NC)cc2)C1. The highest BCUT2D eigenvalue weighted by atomic mass is 16.5. The van der Waals surface area contributed by atoms with Crippen molar-refractivity contribution in [3.63, 3.8) is 0 Å². The van der Waals surface area contributed by atoms with Crippen molar-refractivity contribution in [3.8, 4) is 0 Å². The number of hydrogen-bond acceptors (Lipinski definition) is 3. The van der Waals surface area contributed by atoms with Gasteiger partial charge in [-0.3, -0.25) is 4.79 Å². The second kappa shape index (κ2) is 6.57. The molecule has 1 atom stereocenters. The van der Waals surface area contributed by atoms with Crippen molar-refractivity contribution >= 4 is 11.6 Å². The highest BCUT2D eigenvalue weighted by Crippen LogP contribution is 2.17. The fourth-order valence-electron chi connectivity index (χ4n) is 2.46. The molecule has 104 valence electrons. The summed E-state index contributed by atoms with van der Waals surface area (Å²) in [6.07, 6.45) is 2.26. The Morgan fingerprint density at radius 3 is 2.79 bits per heavy atom. The number of likely N-dealkylation sites (tertiary alicyclic amines) is 1. The maximum Gasteiger partial charge on any atom is 0.253 e. The Morgan fingerprint density at radius 1 is 1.42 bits per heavy atom. The third-order valence-electron chi connectivity index (χ3n) is 3.49. The first-order valence-corrected chi connectivity index (χ1v) is 6.93. The smallest absolute Gasteiger partial charge is 0.253 e. The molecule has 0 aromatic heterocycles. The van der Waals surface area contributed by atoms with Crippen molar-refractivity contribution < 1.29 is 9.53 Å². The van der Waals surface area contributed by atoms with E-state index in [9.17, 15) is 4.79 Å². The van der Waals surface area contributed by atoms with Crippen molar-refractivity contribution in [3.05, 3.63) is 29.8 Å². The number of amides is 1. The van der Waals surface area contributed by atoms with E-state index in [2.05, 4.69) is 5.32 Å². The van der Waals surface area contributed by atoms with Crippen molar-refractivity contribution in [2.45, 2.75) is 25.9 Å². The lowest BCUT2D eigenvalue weighted by molar-refractivity contribution is 0.00724. The minimum absolute atomic E-state index is 0.104. The summed E-state index contributed by atoms with van der Waals surface area (Å²) >= 11 is 0. The number of nitrogens with zero attached hydrogens (tertiary/aromatic N) is 1. The fourth-order valence-corrected chi connectivity index (χ4v) is 2.46. The van der Waals surface area contributed by atoms with Gasteiger partial charge in [0.15, 0.2) is 0 Å². The number of carbonyl (C=O) groups is 1. The van der Waals surface area contributed by atoms with Gasteiger partial charge in [-0.25, -0.2) is 0 Å². The molecule has 4 nitrogen and oxygen atoms in total. The molecule has 1 heterocycles. The number of rotatable bonds is 4. The Balaban J connectivity index is 2.01. The van der Waals surface area contributed by atoms with Gasteiger partial charge in [-0.1, -0.05) is 0 Å². The molecule has 0 bridgehead atoms. The molecule has 1 unspecified atom stereocenters. The van der Waals surface area contributed by atoms with Crippen LogP contribution in [0.1, 0.15) is 30.1 Å². The van der Waals surface area contributed by atoms with Crippen molar-refractivity contribution in [1.29, 1.82) is 0 Å². The highest BCUT2D eigenvalue weighted by Gasteiger charge is 2.24. The summed E-state index contributed by atoms with van der Waals surface area (Å²) in [5.74, 6) is 0.104. The van der Waals surface area contributed by atoms with Gasteiger partial charge in [-0.15, -0.1) is 0 Å². The summed E-state index contributed by atoms with van der Waals surface area (Å²) in [6, 6.07) is 7.60. The summed E-state index contributed by atoms with van der Waals surface area (Å²) in [7, 11) is 1.87. The van der Waals surface area contributed by atoms with E-state index in [1.165, 1.54) is 0 Å². The van der Waals surface area contributed by atoms with E-state index >= 15 is 0 Å². The minimum Gasteiger partial charge on any atom is -0.388 e. The molecule has 1 fully saturated rings. The topological polar surface area (TPSA) is 41.6 Å². The average Bonchev–Trinajstić information content (AvgIpc) is 2.47. The third kappa shape index (κ3) is 3.47. The van der Waals surface area contributed by atoms with Crippen molar-refractivity contribution in [2.24, 2.45) is 0 Å². The van der Waals surface area contributed by atoms with E-state index in [0.29, 0.717) is 13.2 Å². The quantitative estimate of drug-likeness (QED) is 0.905. The number of hydrogen-bond donors (Lipinski definition) is 1. The molecule has 4 heteroatoms. The normalized spacial score (nSPS) is 19.3. The molecular formula is C15H22N2O2. The van der Waals surface area contributed by atoms with Gasteiger partial charge >= 0.3 is 0 Å². The largest absolute Gasteiger partial charge is 0.388 e. The van der Waals surface area contributed by atoms with Crippen LogP contribution in [-0.2, 0) is 4.74 Å². The Morgan fingerprint density at radius 2 is 2.16 bits per heavy atom. The Hall–Kier alpha value is -1.55. The van der Waals surface area contributed by atoms with Gasteiger partial charge in [0.05, 0.1) is 6.10 Å². The first-order valence-electron chi connectivity index (χ1n) is 6.93. The molecule has 1 saturated heterocycles. The van der Waals surface area contributed by atoms with E-state index in [-0.39, 0.29) is 12.0 Å². The lowest BCUT2D eigenvalue weighted by Gasteiger charge is -2.32. The molecular weight excluding hydrogens is 240 g/mol. The summed E-state index contributed by atoms with van der Waals surface area (Å²) in [6.45, 7) is 4.25. The maximum atomic E-state index is 12.4. The van der Waals surface area contributed by atoms with Crippen molar-refractivity contribution in [1.82, 2.24) is 4.90 Å². The molecule has 0 spiro atoms. The Bertz CT molecular complexity index is 415. The number of piperidine rings is 1. The lowest BCUT2D eigenvalue weighted by atomic mass is 10.1. The molecule has 1 N–H and O–H groups in total. The predicted octanol–water partition coefficient (Wildman–Crippen LogP) is 2.37. The third-order valence-corrected chi connectivity index (χ3v) is 3.49. The number of benzene rings is 1. The maximum absolute atomic E-state index is 12.4. The number of nitrogens with one attached hydrogen (secondary N) is 1. The van der Waals surface area contributed by atoms with E-state index < -0.39 is 0 Å². The van der Waals surface area contributed by atoms with E-state index in [1.54, 1.807) is 0 Å². The van der Waals surface area contributed by atoms with Gasteiger partial charge in [0, 0.05) is 38.0 Å². The summed E-state index contributed by atoms with van der Waals surface area (Å²) in [4.78, 5) is 14.3. The first kappa shape index (κ1) is 13.9. The van der Waals surface area contributed by atoms with E-state index in [1.807, 2.05) is 43.1 Å². The van der Waals surface area contributed by atoms with Gasteiger partial charge in [-0.05, 0) is 44.0 Å².